The lowest BCUT2D eigenvalue weighted by molar-refractivity contribution is -0.124. The van der Waals surface area contributed by atoms with Crippen LogP contribution in [0.3, 0.4) is 0 Å². The molecule has 2 aromatic rings. The van der Waals surface area contributed by atoms with E-state index in [0.29, 0.717) is 10.7 Å². The summed E-state index contributed by atoms with van der Waals surface area (Å²) in [5.74, 6) is -1.31. The van der Waals surface area contributed by atoms with E-state index >= 15 is 0 Å². The molecule has 10 heteroatoms. The fraction of sp³-hybridized carbons (Fsp3) is 0.238. The number of nitrogens with one attached hydrogen (secondary N) is 1. The minimum Gasteiger partial charge on any atom is -0.452 e. The third-order valence-corrected chi connectivity index (χ3v) is 6.80. The third-order valence-electron chi connectivity index (χ3n) is 4.43. The Morgan fingerprint density at radius 2 is 1.84 bits per heavy atom. The minimum atomic E-state index is -4.07. The minimum absolute atomic E-state index is 0.00624. The van der Waals surface area contributed by atoms with Crippen LogP contribution in [0, 0.1) is 0 Å². The van der Waals surface area contributed by atoms with E-state index in [-0.39, 0.29) is 28.1 Å². The van der Waals surface area contributed by atoms with Crippen molar-refractivity contribution in [2.24, 2.45) is 0 Å². The molecular formula is C21H20Cl2N2O5S. The lowest BCUT2D eigenvalue weighted by atomic mass is 10.2. The Morgan fingerprint density at radius 1 is 1.16 bits per heavy atom. The molecule has 0 atom stereocenters. The highest BCUT2D eigenvalue weighted by Crippen LogP contribution is 2.28. The van der Waals surface area contributed by atoms with Gasteiger partial charge in [0, 0.05) is 11.1 Å². The zero-order valence-electron chi connectivity index (χ0n) is 16.4. The fourth-order valence-corrected chi connectivity index (χ4v) is 4.50. The van der Waals surface area contributed by atoms with Gasteiger partial charge in [0.25, 0.3) is 15.9 Å². The van der Waals surface area contributed by atoms with E-state index in [2.05, 4.69) is 11.9 Å². The van der Waals surface area contributed by atoms with E-state index in [1.54, 1.807) is 24.3 Å². The summed E-state index contributed by atoms with van der Waals surface area (Å²) < 4.78 is 32.7. The van der Waals surface area contributed by atoms with E-state index < -0.39 is 28.5 Å². The van der Waals surface area contributed by atoms with Gasteiger partial charge in [-0.05, 0) is 55.3 Å². The van der Waals surface area contributed by atoms with Gasteiger partial charge in [-0.15, -0.1) is 6.58 Å². The summed E-state index contributed by atoms with van der Waals surface area (Å²) in [6.07, 6.45) is 3.25. The van der Waals surface area contributed by atoms with E-state index in [1.807, 2.05) is 0 Å². The molecule has 1 aliphatic carbocycles. The highest BCUT2D eigenvalue weighted by atomic mass is 35.5. The molecule has 1 N–H and O–H groups in total. The molecule has 0 aromatic heterocycles. The Morgan fingerprint density at radius 3 is 2.45 bits per heavy atom. The number of sulfonamides is 1. The predicted octanol–water partition coefficient (Wildman–Crippen LogP) is 3.81. The number of benzene rings is 2. The van der Waals surface area contributed by atoms with Crippen molar-refractivity contribution in [3.05, 3.63) is 70.7 Å². The number of hydrogen-bond acceptors (Lipinski definition) is 5. The number of carbonyl (C=O) groups excluding carboxylic acids is 2. The van der Waals surface area contributed by atoms with Gasteiger partial charge in [0.1, 0.15) is 0 Å². The Balaban J connectivity index is 1.84. The molecule has 1 aliphatic rings. The summed E-state index contributed by atoms with van der Waals surface area (Å²) in [7, 11) is -4.07. The van der Waals surface area contributed by atoms with E-state index in [9.17, 15) is 18.0 Å². The maximum absolute atomic E-state index is 13.3. The number of esters is 1. The maximum atomic E-state index is 13.3. The Labute approximate surface area is 190 Å². The Kier molecular flexibility index (Phi) is 7.25. The molecule has 0 bridgehead atoms. The maximum Gasteiger partial charge on any atom is 0.340 e. The first-order valence-corrected chi connectivity index (χ1v) is 11.6. The monoisotopic (exact) mass is 482 g/mol. The molecule has 0 heterocycles. The molecule has 0 radical (unpaired) electrons. The summed E-state index contributed by atoms with van der Waals surface area (Å²) in [4.78, 5) is 24.0. The van der Waals surface area contributed by atoms with Gasteiger partial charge in [-0.2, -0.15) is 0 Å². The second-order valence-corrected chi connectivity index (χ2v) is 9.57. The zero-order chi connectivity index (χ0) is 22.6. The number of amides is 1. The number of nitrogens with zero attached hydrogens (tertiary/aromatic N) is 1. The molecule has 2 aromatic carbocycles. The van der Waals surface area contributed by atoms with Gasteiger partial charge in [-0.1, -0.05) is 29.3 Å². The molecule has 3 rings (SSSR count). The molecule has 0 saturated heterocycles. The van der Waals surface area contributed by atoms with Crippen molar-refractivity contribution in [2.45, 2.75) is 23.8 Å². The van der Waals surface area contributed by atoms with Crippen molar-refractivity contribution >= 4 is 50.8 Å². The summed E-state index contributed by atoms with van der Waals surface area (Å²) >= 11 is 12.0. The van der Waals surface area contributed by atoms with E-state index in [4.69, 9.17) is 27.9 Å². The number of rotatable bonds is 9. The van der Waals surface area contributed by atoms with Crippen molar-refractivity contribution in [3.8, 4) is 0 Å². The van der Waals surface area contributed by atoms with Crippen molar-refractivity contribution in [2.75, 3.05) is 17.5 Å². The largest absolute Gasteiger partial charge is 0.452 e. The first kappa shape index (κ1) is 23.1. The Bertz CT molecular complexity index is 1100. The van der Waals surface area contributed by atoms with Crippen LogP contribution in [0.2, 0.25) is 10.0 Å². The normalized spacial score (nSPS) is 13.4. The van der Waals surface area contributed by atoms with Crippen LogP contribution in [0.15, 0.2) is 60.0 Å². The van der Waals surface area contributed by atoms with Crippen LogP contribution >= 0.6 is 23.2 Å². The molecule has 1 amide bonds. The number of anilines is 1. The number of ether oxygens (including phenoxy) is 1. The molecule has 1 saturated carbocycles. The topological polar surface area (TPSA) is 92.8 Å². The molecule has 164 valence electrons. The lowest BCUT2D eigenvalue weighted by Gasteiger charge is -2.23. The van der Waals surface area contributed by atoms with Gasteiger partial charge in [0.15, 0.2) is 6.61 Å². The molecule has 7 nitrogen and oxygen atoms in total. The van der Waals surface area contributed by atoms with Crippen molar-refractivity contribution in [1.29, 1.82) is 0 Å². The van der Waals surface area contributed by atoms with Gasteiger partial charge in [0.05, 0.1) is 27.7 Å². The highest BCUT2D eigenvalue weighted by Gasteiger charge is 2.27. The van der Waals surface area contributed by atoms with Gasteiger partial charge in [-0.3, -0.25) is 9.10 Å². The van der Waals surface area contributed by atoms with Crippen LogP contribution in [0.25, 0.3) is 0 Å². The summed E-state index contributed by atoms with van der Waals surface area (Å²) in [6, 6.07) is 10.1. The second-order valence-electron chi connectivity index (χ2n) is 6.86. The molecule has 0 unspecified atom stereocenters. The van der Waals surface area contributed by atoms with Gasteiger partial charge in [-0.25, -0.2) is 13.2 Å². The van der Waals surface area contributed by atoms with Crippen molar-refractivity contribution < 1.29 is 22.7 Å². The zero-order valence-corrected chi connectivity index (χ0v) is 18.7. The van der Waals surface area contributed by atoms with Crippen LogP contribution in [0.4, 0.5) is 5.69 Å². The summed E-state index contributed by atoms with van der Waals surface area (Å²) in [5, 5.41) is 3.16. The fourth-order valence-electron chi connectivity index (χ4n) is 2.72. The molecule has 31 heavy (non-hydrogen) atoms. The third kappa shape index (κ3) is 5.78. The number of hydrogen-bond donors (Lipinski definition) is 1. The SMILES string of the molecule is C=CCN(c1ccc(Cl)cc1)S(=O)(=O)c1ccc(Cl)c(C(=O)OCC(=O)NC2CC2)c1. The average Bonchev–Trinajstić information content (AvgIpc) is 3.55. The van der Waals surface area contributed by atoms with Crippen molar-refractivity contribution in [1.82, 2.24) is 5.32 Å². The average molecular weight is 483 g/mol. The molecular weight excluding hydrogens is 463 g/mol. The second kappa shape index (κ2) is 9.72. The van der Waals surface area contributed by atoms with E-state index in [1.165, 1.54) is 18.2 Å². The first-order chi connectivity index (χ1) is 14.7. The number of halogens is 2. The quantitative estimate of drug-likeness (QED) is 0.433. The van der Waals surface area contributed by atoms with Crippen LogP contribution in [0.5, 0.6) is 0 Å². The van der Waals surface area contributed by atoms with Gasteiger partial charge >= 0.3 is 5.97 Å². The Hall–Kier alpha value is -2.55. The smallest absolute Gasteiger partial charge is 0.340 e. The van der Waals surface area contributed by atoms with Crippen LogP contribution in [-0.2, 0) is 19.6 Å². The standard InChI is InChI=1S/C21H20Cl2N2O5S/c1-2-11-25(16-7-3-14(22)4-8-16)31(28,29)17-9-10-19(23)18(12-17)21(27)30-13-20(26)24-15-5-6-15/h2-4,7-10,12,15H,1,5-6,11,13H2,(H,24,26). The molecule has 1 fully saturated rings. The first-order valence-electron chi connectivity index (χ1n) is 9.37. The van der Waals surface area contributed by atoms with Crippen molar-refractivity contribution in [3.63, 3.8) is 0 Å². The summed E-state index contributed by atoms with van der Waals surface area (Å²) in [5.41, 5.74) is 0.219. The predicted molar refractivity (Wildman–Crippen MR) is 119 cm³/mol. The van der Waals surface area contributed by atoms with Crippen LogP contribution in [-0.4, -0.2) is 39.5 Å². The van der Waals surface area contributed by atoms with E-state index in [0.717, 1.165) is 23.2 Å². The molecule has 0 aliphatic heterocycles. The van der Waals surface area contributed by atoms with Gasteiger partial charge in [0.2, 0.25) is 0 Å². The lowest BCUT2D eigenvalue weighted by Crippen LogP contribution is -2.31. The highest BCUT2D eigenvalue weighted by molar-refractivity contribution is 7.92. The summed E-state index contributed by atoms with van der Waals surface area (Å²) in [6.45, 7) is 3.13. The van der Waals surface area contributed by atoms with Crippen LogP contribution in [0.1, 0.15) is 23.2 Å². The molecule has 0 spiro atoms. The van der Waals surface area contributed by atoms with Gasteiger partial charge < -0.3 is 10.1 Å². The van der Waals surface area contributed by atoms with Crippen LogP contribution < -0.4 is 9.62 Å². The number of carbonyl (C=O) groups is 2.